The second kappa shape index (κ2) is 14.1. The van der Waals surface area contributed by atoms with E-state index in [9.17, 15) is 19.2 Å². The second-order valence-electron chi connectivity index (χ2n) is 7.97. The van der Waals surface area contributed by atoms with E-state index in [0.29, 0.717) is 0 Å². The van der Waals surface area contributed by atoms with E-state index in [1.165, 1.54) is 0 Å². The van der Waals surface area contributed by atoms with E-state index >= 15 is 0 Å². The van der Waals surface area contributed by atoms with Gasteiger partial charge in [0.2, 0.25) is 11.8 Å². The van der Waals surface area contributed by atoms with Crippen LogP contribution in [0.15, 0.2) is 91.0 Å². The molecule has 3 rings (SSSR count). The molecule has 36 heavy (non-hydrogen) atoms. The Morgan fingerprint density at radius 2 is 0.917 bits per heavy atom. The summed E-state index contributed by atoms with van der Waals surface area (Å²) in [5, 5.41) is 4.93. The Hall–Kier alpha value is -4.46. The van der Waals surface area contributed by atoms with Gasteiger partial charge in [-0.05, 0) is 23.1 Å². The maximum atomic E-state index is 12.8. The Labute approximate surface area is 209 Å². The van der Waals surface area contributed by atoms with Crippen LogP contribution in [-0.4, -0.2) is 36.8 Å². The maximum absolute atomic E-state index is 12.8. The smallest absolute Gasteiger partial charge is 0.325 e. The molecule has 0 atom stereocenters. The van der Waals surface area contributed by atoms with E-state index in [0.717, 1.165) is 16.7 Å². The highest BCUT2D eigenvalue weighted by Crippen LogP contribution is 2.10. The standard InChI is InChI=1S/C28H28N2O6/c31-25(35-19-22-12-6-2-7-13-22)17-29-27(33)24(16-21-10-4-1-5-11-21)28(34)30-18-26(32)36-20-23-14-8-3-9-15-23/h1-15,24H,16-20H2,(H,29,33)(H,30,34). The molecule has 0 aromatic heterocycles. The number of carbonyl (C=O) groups is 4. The second-order valence-corrected chi connectivity index (χ2v) is 7.97. The van der Waals surface area contributed by atoms with Crippen LogP contribution < -0.4 is 10.6 Å². The molecule has 0 aliphatic rings. The average molecular weight is 489 g/mol. The van der Waals surface area contributed by atoms with Crippen molar-refractivity contribution in [1.29, 1.82) is 0 Å². The van der Waals surface area contributed by atoms with Crippen molar-refractivity contribution < 1.29 is 28.7 Å². The number of carbonyl (C=O) groups excluding carboxylic acids is 4. The third kappa shape index (κ3) is 9.06. The molecule has 0 fully saturated rings. The van der Waals surface area contributed by atoms with Crippen molar-refractivity contribution >= 4 is 23.8 Å². The Kier molecular flexibility index (Phi) is 10.2. The summed E-state index contributed by atoms with van der Waals surface area (Å²) in [5.74, 6) is -3.71. The van der Waals surface area contributed by atoms with Gasteiger partial charge in [-0.15, -0.1) is 0 Å². The molecule has 0 heterocycles. The monoisotopic (exact) mass is 488 g/mol. The van der Waals surface area contributed by atoms with E-state index in [4.69, 9.17) is 9.47 Å². The predicted molar refractivity (Wildman–Crippen MR) is 132 cm³/mol. The molecular weight excluding hydrogens is 460 g/mol. The Bertz CT molecular complexity index is 1060. The maximum Gasteiger partial charge on any atom is 0.325 e. The average Bonchev–Trinajstić information content (AvgIpc) is 2.92. The van der Waals surface area contributed by atoms with Gasteiger partial charge in [-0.2, -0.15) is 0 Å². The molecule has 3 aromatic rings. The van der Waals surface area contributed by atoms with Crippen molar-refractivity contribution in [2.45, 2.75) is 19.6 Å². The minimum atomic E-state index is -1.16. The van der Waals surface area contributed by atoms with Gasteiger partial charge in [0, 0.05) is 0 Å². The fraction of sp³-hybridized carbons (Fsp3) is 0.214. The van der Waals surface area contributed by atoms with Crippen LogP contribution in [-0.2, 0) is 48.3 Å². The van der Waals surface area contributed by atoms with E-state index < -0.39 is 29.7 Å². The minimum absolute atomic E-state index is 0.0779. The van der Waals surface area contributed by atoms with Gasteiger partial charge in [0.1, 0.15) is 32.2 Å². The summed E-state index contributed by atoms with van der Waals surface area (Å²) in [6, 6.07) is 27.3. The van der Waals surface area contributed by atoms with Crippen molar-refractivity contribution in [2.75, 3.05) is 13.1 Å². The first-order chi connectivity index (χ1) is 17.5. The molecule has 186 valence electrons. The summed E-state index contributed by atoms with van der Waals surface area (Å²) in [6.45, 7) is -0.615. The summed E-state index contributed by atoms with van der Waals surface area (Å²) in [6.07, 6.45) is 0.0939. The first kappa shape index (κ1) is 26.2. The molecule has 0 saturated carbocycles. The van der Waals surface area contributed by atoms with E-state index in [-0.39, 0.29) is 32.7 Å². The van der Waals surface area contributed by atoms with Crippen LogP contribution >= 0.6 is 0 Å². The molecule has 0 radical (unpaired) electrons. The van der Waals surface area contributed by atoms with Crippen molar-refractivity contribution in [2.24, 2.45) is 5.92 Å². The molecule has 2 amide bonds. The number of ether oxygens (including phenoxy) is 2. The minimum Gasteiger partial charge on any atom is -0.460 e. The zero-order chi connectivity index (χ0) is 25.6. The number of benzene rings is 3. The number of esters is 2. The topological polar surface area (TPSA) is 111 Å². The van der Waals surface area contributed by atoms with Gasteiger partial charge in [-0.3, -0.25) is 19.2 Å². The zero-order valence-electron chi connectivity index (χ0n) is 19.7. The third-order valence-electron chi connectivity index (χ3n) is 5.21. The SMILES string of the molecule is O=C(CNC(=O)C(Cc1ccccc1)C(=O)NCC(=O)OCc1ccccc1)OCc1ccccc1. The van der Waals surface area contributed by atoms with Crippen molar-refractivity contribution in [3.8, 4) is 0 Å². The van der Waals surface area contributed by atoms with E-state index in [1.807, 2.05) is 66.7 Å². The van der Waals surface area contributed by atoms with E-state index in [2.05, 4.69) is 10.6 Å². The molecule has 0 saturated heterocycles. The summed E-state index contributed by atoms with van der Waals surface area (Å²) < 4.78 is 10.3. The molecule has 0 aliphatic heterocycles. The number of nitrogens with one attached hydrogen (secondary N) is 2. The fourth-order valence-corrected chi connectivity index (χ4v) is 3.30. The van der Waals surface area contributed by atoms with Crippen LogP contribution in [0.2, 0.25) is 0 Å². The lowest BCUT2D eigenvalue weighted by molar-refractivity contribution is -0.147. The highest BCUT2D eigenvalue weighted by Gasteiger charge is 2.28. The third-order valence-corrected chi connectivity index (χ3v) is 5.21. The zero-order valence-corrected chi connectivity index (χ0v) is 19.7. The molecule has 0 spiro atoms. The first-order valence-electron chi connectivity index (χ1n) is 11.5. The quantitative estimate of drug-likeness (QED) is 0.300. The van der Waals surface area contributed by atoms with Crippen LogP contribution in [0.3, 0.4) is 0 Å². The molecule has 0 aliphatic carbocycles. The van der Waals surface area contributed by atoms with Crippen molar-refractivity contribution in [3.05, 3.63) is 108 Å². The van der Waals surface area contributed by atoms with Crippen LogP contribution in [0.5, 0.6) is 0 Å². The molecule has 2 N–H and O–H groups in total. The van der Waals surface area contributed by atoms with Crippen LogP contribution in [0, 0.1) is 5.92 Å². The number of hydrogen-bond donors (Lipinski definition) is 2. The fourth-order valence-electron chi connectivity index (χ4n) is 3.30. The van der Waals surface area contributed by atoms with Crippen molar-refractivity contribution in [3.63, 3.8) is 0 Å². The Balaban J connectivity index is 1.51. The largest absolute Gasteiger partial charge is 0.460 e. The summed E-state index contributed by atoms with van der Waals surface area (Å²) in [7, 11) is 0. The number of hydrogen-bond acceptors (Lipinski definition) is 6. The van der Waals surface area contributed by atoms with Gasteiger partial charge >= 0.3 is 11.9 Å². The first-order valence-corrected chi connectivity index (χ1v) is 11.5. The molecule has 3 aromatic carbocycles. The molecule has 8 nitrogen and oxygen atoms in total. The van der Waals surface area contributed by atoms with Crippen LogP contribution in [0.1, 0.15) is 16.7 Å². The van der Waals surface area contributed by atoms with Gasteiger partial charge < -0.3 is 20.1 Å². The summed E-state index contributed by atoms with van der Waals surface area (Å²) >= 11 is 0. The highest BCUT2D eigenvalue weighted by molar-refractivity contribution is 6.02. The van der Waals surface area contributed by atoms with Gasteiger partial charge in [-0.25, -0.2) is 0 Å². The number of amides is 2. The number of rotatable bonds is 12. The lowest BCUT2D eigenvalue weighted by atomic mass is 9.97. The van der Waals surface area contributed by atoms with Gasteiger partial charge in [-0.1, -0.05) is 91.0 Å². The normalized spacial score (nSPS) is 10.4. The lowest BCUT2D eigenvalue weighted by Gasteiger charge is -2.17. The van der Waals surface area contributed by atoms with Gasteiger partial charge in [0.25, 0.3) is 0 Å². The predicted octanol–water partition coefficient (Wildman–Crippen LogP) is 2.56. The van der Waals surface area contributed by atoms with Crippen molar-refractivity contribution in [1.82, 2.24) is 10.6 Å². The van der Waals surface area contributed by atoms with Crippen LogP contribution in [0.4, 0.5) is 0 Å². The Morgan fingerprint density at radius 3 is 1.31 bits per heavy atom. The summed E-state index contributed by atoms with van der Waals surface area (Å²) in [5.41, 5.74) is 2.39. The lowest BCUT2D eigenvalue weighted by Crippen LogP contribution is -2.45. The molecule has 0 bridgehead atoms. The van der Waals surface area contributed by atoms with Gasteiger partial charge in [0.05, 0.1) is 0 Å². The highest BCUT2D eigenvalue weighted by atomic mass is 16.5. The van der Waals surface area contributed by atoms with Crippen LogP contribution in [0.25, 0.3) is 0 Å². The van der Waals surface area contributed by atoms with E-state index in [1.54, 1.807) is 24.3 Å². The summed E-state index contributed by atoms with van der Waals surface area (Å²) in [4.78, 5) is 49.8. The van der Waals surface area contributed by atoms with Gasteiger partial charge in [0.15, 0.2) is 0 Å². The Morgan fingerprint density at radius 1 is 0.556 bits per heavy atom. The molecule has 8 heteroatoms. The molecule has 0 unspecified atom stereocenters. The molecular formula is C28H28N2O6.